The summed E-state index contributed by atoms with van der Waals surface area (Å²) in [4.78, 5) is 2.44. The SMILES string of the molecule is CCC(C)C(CN(C)C(C)Cc1ccccc1OC)NC. The zero-order chi connectivity index (χ0) is 15.8. The molecule has 0 saturated heterocycles. The summed E-state index contributed by atoms with van der Waals surface area (Å²) in [6.07, 6.45) is 2.22. The standard InChI is InChI=1S/C18H32N2O/c1-7-14(2)17(19-4)13-20(5)15(3)12-16-10-8-9-11-18(16)21-6/h8-11,14-15,17,19H,7,12-13H2,1-6H3. The number of hydrogen-bond acceptors (Lipinski definition) is 3. The lowest BCUT2D eigenvalue weighted by Gasteiger charge is -2.32. The first kappa shape index (κ1) is 18.0. The smallest absolute Gasteiger partial charge is 0.122 e. The first-order valence-corrected chi connectivity index (χ1v) is 8.02. The molecule has 1 aromatic carbocycles. The highest BCUT2D eigenvalue weighted by atomic mass is 16.5. The lowest BCUT2D eigenvalue weighted by atomic mass is 9.97. The van der Waals surface area contributed by atoms with Gasteiger partial charge in [-0.15, -0.1) is 0 Å². The Kier molecular flexibility index (Phi) is 7.76. The van der Waals surface area contributed by atoms with Gasteiger partial charge in [0.1, 0.15) is 5.75 Å². The van der Waals surface area contributed by atoms with Crippen LogP contribution in [0.25, 0.3) is 0 Å². The normalized spacial score (nSPS) is 15.8. The Labute approximate surface area is 130 Å². The van der Waals surface area contributed by atoms with Crippen LogP contribution < -0.4 is 10.1 Å². The van der Waals surface area contributed by atoms with Gasteiger partial charge in [0.2, 0.25) is 0 Å². The molecule has 0 aliphatic carbocycles. The molecule has 3 nitrogen and oxygen atoms in total. The minimum Gasteiger partial charge on any atom is -0.496 e. The maximum absolute atomic E-state index is 5.45. The van der Waals surface area contributed by atoms with Crippen LogP contribution in [0, 0.1) is 5.92 Å². The molecule has 1 rings (SSSR count). The molecule has 0 aliphatic heterocycles. The highest BCUT2D eigenvalue weighted by Crippen LogP contribution is 2.20. The van der Waals surface area contributed by atoms with E-state index in [1.807, 2.05) is 12.1 Å². The zero-order valence-electron chi connectivity index (χ0n) is 14.5. The number of para-hydroxylation sites is 1. The molecule has 1 aromatic rings. The Hall–Kier alpha value is -1.06. The van der Waals surface area contributed by atoms with Crippen LogP contribution in [-0.4, -0.2) is 44.7 Å². The number of likely N-dealkylation sites (N-methyl/N-ethyl adjacent to an activating group) is 2. The molecule has 21 heavy (non-hydrogen) atoms. The van der Waals surface area contributed by atoms with Crippen LogP contribution in [0.5, 0.6) is 5.75 Å². The summed E-state index contributed by atoms with van der Waals surface area (Å²) in [5, 5.41) is 3.46. The van der Waals surface area contributed by atoms with Gasteiger partial charge in [-0.2, -0.15) is 0 Å². The van der Waals surface area contributed by atoms with Crippen LogP contribution in [-0.2, 0) is 6.42 Å². The van der Waals surface area contributed by atoms with Gasteiger partial charge in [-0.3, -0.25) is 0 Å². The molecule has 0 radical (unpaired) electrons. The van der Waals surface area contributed by atoms with Gasteiger partial charge in [-0.1, -0.05) is 38.5 Å². The van der Waals surface area contributed by atoms with Gasteiger partial charge in [0.25, 0.3) is 0 Å². The number of rotatable bonds is 9. The van der Waals surface area contributed by atoms with Crippen molar-refractivity contribution in [1.29, 1.82) is 0 Å². The van der Waals surface area contributed by atoms with Crippen molar-refractivity contribution < 1.29 is 4.74 Å². The summed E-state index contributed by atoms with van der Waals surface area (Å²) in [5.41, 5.74) is 1.28. The third kappa shape index (κ3) is 5.33. The second kappa shape index (κ2) is 9.06. The summed E-state index contributed by atoms with van der Waals surface area (Å²) < 4.78 is 5.45. The lowest BCUT2D eigenvalue weighted by Crippen LogP contribution is -2.45. The van der Waals surface area contributed by atoms with E-state index in [2.05, 4.69) is 57.2 Å². The summed E-state index contributed by atoms with van der Waals surface area (Å²) in [5.74, 6) is 1.68. The Morgan fingerprint density at radius 1 is 1.24 bits per heavy atom. The van der Waals surface area contributed by atoms with E-state index in [1.54, 1.807) is 7.11 Å². The van der Waals surface area contributed by atoms with Crippen molar-refractivity contribution in [3.8, 4) is 5.75 Å². The molecule has 120 valence electrons. The Morgan fingerprint density at radius 2 is 1.90 bits per heavy atom. The van der Waals surface area contributed by atoms with Gasteiger partial charge in [-0.05, 0) is 45.0 Å². The van der Waals surface area contributed by atoms with E-state index in [0.29, 0.717) is 18.0 Å². The predicted octanol–water partition coefficient (Wildman–Crippen LogP) is 3.19. The van der Waals surface area contributed by atoms with Gasteiger partial charge in [0, 0.05) is 18.6 Å². The van der Waals surface area contributed by atoms with Crippen LogP contribution in [0.2, 0.25) is 0 Å². The maximum Gasteiger partial charge on any atom is 0.122 e. The predicted molar refractivity (Wildman–Crippen MR) is 91.1 cm³/mol. The topological polar surface area (TPSA) is 24.5 Å². The molecule has 0 spiro atoms. The summed E-state index contributed by atoms with van der Waals surface area (Å²) in [7, 11) is 6.02. The molecule has 0 aromatic heterocycles. The van der Waals surface area contributed by atoms with Crippen LogP contribution >= 0.6 is 0 Å². The fourth-order valence-electron chi connectivity index (χ4n) is 2.68. The average Bonchev–Trinajstić information content (AvgIpc) is 2.51. The molecule has 0 saturated carbocycles. The first-order chi connectivity index (χ1) is 10.0. The van der Waals surface area contributed by atoms with E-state index < -0.39 is 0 Å². The van der Waals surface area contributed by atoms with Gasteiger partial charge in [0.15, 0.2) is 0 Å². The van der Waals surface area contributed by atoms with E-state index in [9.17, 15) is 0 Å². The van der Waals surface area contributed by atoms with Gasteiger partial charge >= 0.3 is 0 Å². The molecular weight excluding hydrogens is 260 g/mol. The second-order valence-corrected chi connectivity index (χ2v) is 6.09. The van der Waals surface area contributed by atoms with E-state index in [1.165, 1.54) is 12.0 Å². The summed E-state index contributed by atoms with van der Waals surface area (Å²) >= 11 is 0. The highest BCUT2D eigenvalue weighted by molar-refractivity contribution is 5.33. The summed E-state index contributed by atoms with van der Waals surface area (Å²) in [6, 6.07) is 9.34. The monoisotopic (exact) mass is 292 g/mol. The molecule has 3 atom stereocenters. The lowest BCUT2D eigenvalue weighted by molar-refractivity contribution is 0.203. The molecule has 1 N–H and O–H groups in total. The molecular formula is C18H32N2O. The van der Waals surface area contributed by atoms with Crippen molar-refractivity contribution in [2.75, 3.05) is 27.7 Å². The molecule has 0 amide bonds. The molecule has 0 heterocycles. The number of ether oxygens (including phenoxy) is 1. The molecule has 3 unspecified atom stereocenters. The molecule has 0 fully saturated rings. The zero-order valence-corrected chi connectivity index (χ0v) is 14.5. The fourth-order valence-corrected chi connectivity index (χ4v) is 2.68. The molecule has 0 aliphatic rings. The minimum atomic E-state index is 0.487. The minimum absolute atomic E-state index is 0.487. The van der Waals surface area contributed by atoms with Crippen LogP contribution in [0.15, 0.2) is 24.3 Å². The number of nitrogens with one attached hydrogen (secondary N) is 1. The van der Waals surface area contributed by atoms with E-state index >= 15 is 0 Å². The van der Waals surface area contributed by atoms with E-state index in [-0.39, 0.29) is 0 Å². The van der Waals surface area contributed by atoms with Crippen LogP contribution in [0.1, 0.15) is 32.8 Å². The number of nitrogens with zero attached hydrogens (tertiary/aromatic N) is 1. The van der Waals surface area contributed by atoms with Crippen molar-refractivity contribution in [2.45, 2.75) is 45.7 Å². The van der Waals surface area contributed by atoms with Crippen LogP contribution in [0.3, 0.4) is 0 Å². The number of methoxy groups -OCH3 is 1. The number of benzene rings is 1. The van der Waals surface area contributed by atoms with Crippen molar-refractivity contribution in [3.05, 3.63) is 29.8 Å². The third-order valence-corrected chi connectivity index (χ3v) is 4.65. The maximum atomic E-state index is 5.45. The Morgan fingerprint density at radius 3 is 2.48 bits per heavy atom. The van der Waals surface area contributed by atoms with Gasteiger partial charge in [0.05, 0.1) is 7.11 Å². The van der Waals surface area contributed by atoms with Crippen molar-refractivity contribution in [2.24, 2.45) is 5.92 Å². The second-order valence-electron chi connectivity index (χ2n) is 6.09. The van der Waals surface area contributed by atoms with E-state index in [4.69, 9.17) is 4.74 Å². The van der Waals surface area contributed by atoms with Crippen molar-refractivity contribution in [1.82, 2.24) is 10.2 Å². The average molecular weight is 292 g/mol. The molecule has 0 bridgehead atoms. The summed E-state index contributed by atoms with van der Waals surface area (Å²) in [6.45, 7) is 7.94. The van der Waals surface area contributed by atoms with E-state index in [0.717, 1.165) is 18.7 Å². The largest absolute Gasteiger partial charge is 0.496 e. The quantitative estimate of drug-likeness (QED) is 0.756. The van der Waals surface area contributed by atoms with Gasteiger partial charge in [-0.25, -0.2) is 0 Å². The van der Waals surface area contributed by atoms with Crippen LogP contribution in [0.4, 0.5) is 0 Å². The Balaban J connectivity index is 2.63. The number of hydrogen-bond donors (Lipinski definition) is 1. The van der Waals surface area contributed by atoms with Gasteiger partial charge < -0.3 is 15.0 Å². The van der Waals surface area contributed by atoms with Crippen molar-refractivity contribution in [3.63, 3.8) is 0 Å². The first-order valence-electron chi connectivity index (χ1n) is 8.02. The Bertz CT molecular complexity index is 408. The molecule has 3 heteroatoms. The van der Waals surface area contributed by atoms with Crippen molar-refractivity contribution >= 4 is 0 Å². The highest BCUT2D eigenvalue weighted by Gasteiger charge is 2.19. The fraction of sp³-hybridized carbons (Fsp3) is 0.667. The third-order valence-electron chi connectivity index (χ3n) is 4.65.